The summed E-state index contributed by atoms with van der Waals surface area (Å²) < 4.78 is 24.0. The molecule has 0 bridgehead atoms. The summed E-state index contributed by atoms with van der Waals surface area (Å²) in [6.07, 6.45) is 2.09. The third-order valence-corrected chi connectivity index (χ3v) is 5.52. The molecule has 1 aliphatic carbocycles. The van der Waals surface area contributed by atoms with E-state index in [1.165, 1.54) is 0 Å². The summed E-state index contributed by atoms with van der Waals surface area (Å²) in [5.74, 6) is 4.93. The van der Waals surface area contributed by atoms with Crippen molar-refractivity contribution in [3.05, 3.63) is 28.8 Å². The SMILES string of the molecule is NOCCc1ccc(S(=O)(=O)C2CC2)c(Cl)c1. The smallest absolute Gasteiger partial charge is 0.182 e. The Kier molecular flexibility index (Phi) is 3.73. The molecule has 1 aromatic carbocycles. The highest BCUT2D eigenvalue weighted by molar-refractivity contribution is 7.92. The van der Waals surface area contributed by atoms with E-state index in [1.807, 2.05) is 0 Å². The predicted octanol–water partition coefficient (Wildman–Crippen LogP) is 1.71. The van der Waals surface area contributed by atoms with Crippen LogP contribution in [0.15, 0.2) is 23.1 Å². The van der Waals surface area contributed by atoms with Gasteiger partial charge in [0, 0.05) is 0 Å². The second-order valence-corrected chi connectivity index (χ2v) is 6.73. The number of halogens is 1. The lowest BCUT2D eigenvalue weighted by molar-refractivity contribution is 0.141. The van der Waals surface area contributed by atoms with E-state index in [1.54, 1.807) is 18.2 Å². The van der Waals surface area contributed by atoms with Crippen molar-refractivity contribution >= 4 is 21.4 Å². The Morgan fingerprint density at radius 1 is 1.41 bits per heavy atom. The average Bonchev–Trinajstić information content (AvgIpc) is 3.10. The van der Waals surface area contributed by atoms with Crippen molar-refractivity contribution in [2.24, 2.45) is 5.90 Å². The number of rotatable bonds is 5. The van der Waals surface area contributed by atoms with Crippen LogP contribution < -0.4 is 5.90 Å². The van der Waals surface area contributed by atoms with E-state index in [9.17, 15) is 8.42 Å². The summed E-state index contributed by atoms with van der Waals surface area (Å²) >= 11 is 6.01. The molecule has 1 fully saturated rings. The average molecular weight is 276 g/mol. The van der Waals surface area contributed by atoms with Crippen molar-refractivity contribution in [1.29, 1.82) is 0 Å². The minimum atomic E-state index is -3.22. The van der Waals surface area contributed by atoms with Crippen molar-refractivity contribution in [3.63, 3.8) is 0 Å². The molecule has 0 saturated heterocycles. The summed E-state index contributed by atoms with van der Waals surface area (Å²) in [5.41, 5.74) is 0.912. The molecule has 0 heterocycles. The van der Waals surface area contributed by atoms with Crippen LogP contribution in [0, 0.1) is 0 Å². The van der Waals surface area contributed by atoms with Crippen LogP contribution in [0.3, 0.4) is 0 Å². The molecule has 1 saturated carbocycles. The molecule has 17 heavy (non-hydrogen) atoms. The van der Waals surface area contributed by atoms with Crippen LogP contribution in [0.1, 0.15) is 18.4 Å². The lowest BCUT2D eigenvalue weighted by Crippen LogP contribution is -2.08. The Balaban J connectivity index is 2.25. The number of hydrogen-bond acceptors (Lipinski definition) is 4. The maximum Gasteiger partial charge on any atom is 0.182 e. The fourth-order valence-electron chi connectivity index (χ4n) is 1.67. The molecule has 6 heteroatoms. The van der Waals surface area contributed by atoms with Gasteiger partial charge in [0.15, 0.2) is 9.84 Å². The Labute approximate surface area is 106 Å². The number of nitrogens with two attached hydrogens (primary N) is 1. The molecule has 0 radical (unpaired) electrons. The van der Waals surface area contributed by atoms with Crippen LogP contribution in [0.2, 0.25) is 5.02 Å². The maximum atomic E-state index is 12.0. The van der Waals surface area contributed by atoms with Gasteiger partial charge in [-0.05, 0) is 37.0 Å². The molecular weight excluding hydrogens is 262 g/mol. The Bertz CT molecular complexity index is 511. The van der Waals surface area contributed by atoms with Crippen LogP contribution in [-0.4, -0.2) is 20.3 Å². The maximum absolute atomic E-state index is 12.0. The monoisotopic (exact) mass is 275 g/mol. The van der Waals surface area contributed by atoms with Crippen molar-refractivity contribution in [2.45, 2.75) is 29.4 Å². The molecule has 2 rings (SSSR count). The zero-order valence-corrected chi connectivity index (χ0v) is 10.8. The molecule has 0 aromatic heterocycles. The van der Waals surface area contributed by atoms with Gasteiger partial charge in [0.2, 0.25) is 0 Å². The fourth-order valence-corrected chi connectivity index (χ4v) is 3.90. The van der Waals surface area contributed by atoms with Crippen LogP contribution in [0.4, 0.5) is 0 Å². The zero-order chi connectivity index (χ0) is 12.5. The highest BCUT2D eigenvalue weighted by Crippen LogP contribution is 2.36. The first-order valence-corrected chi connectivity index (χ1v) is 7.32. The van der Waals surface area contributed by atoms with Crippen molar-refractivity contribution in [2.75, 3.05) is 6.61 Å². The first kappa shape index (κ1) is 12.8. The number of hydrogen-bond donors (Lipinski definition) is 1. The fraction of sp³-hybridized carbons (Fsp3) is 0.455. The minimum Gasteiger partial charge on any atom is -0.304 e. The molecule has 0 aliphatic heterocycles. The molecule has 4 nitrogen and oxygen atoms in total. The van der Waals surface area contributed by atoms with E-state index in [0.717, 1.165) is 18.4 Å². The van der Waals surface area contributed by atoms with E-state index < -0.39 is 9.84 Å². The van der Waals surface area contributed by atoms with Gasteiger partial charge in [-0.3, -0.25) is 0 Å². The van der Waals surface area contributed by atoms with Crippen LogP contribution in [0.5, 0.6) is 0 Å². The van der Waals surface area contributed by atoms with Gasteiger partial charge in [-0.15, -0.1) is 0 Å². The highest BCUT2D eigenvalue weighted by Gasteiger charge is 2.37. The number of sulfone groups is 1. The van der Waals surface area contributed by atoms with E-state index in [2.05, 4.69) is 4.84 Å². The summed E-state index contributed by atoms with van der Waals surface area (Å²) in [6.45, 7) is 0.380. The second kappa shape index (κ2) is 4.94. The lowest BCUT2D eigenvalue weighted by Gasteiger charge is -2.07. The quantitative estimate of drug-likeness (QED) is 0.831. The van der Waals surface area contributed by atoms with E-state index in [-0.39, 0.29) is 15.2 Å². The highest BCUT2D eigenvalue weighted by atomic mass is 35.5. The van der Waals surface area contributed by atoms with Crippen LogP contribution in [0.25, 0.3) is 0 Å². The van der Waals surface area contributed by atoms with Gasteiger partial charge >= 0.3 is 0 Å². The normalized spacial score (nSPS) is 16.1. The molecule has 1 aliphatic rings. The zero-order valence-electron chi connectivity index (χ0n) is 9.23. The first-order valence-electron chi connectivity index (χ1n) is 5.39. The number of benzene rings is 1. The summed E-state index contributed by atoms with van der Waals surface area (Å²) in [7, 11) is -3.22. The van der Waals surface area contributed by atoms with Crippen molar-refractivity contribution < 1.29 is 13.3 Å². The molecule has 0 atom stereocenters. The standard InChI is InChI=1S/C11H14ClNO3S/c12-10-7-8(5-6-16-13)1-4-11(10)17(14,15)9-2-3-9/h1,4,7,9H,2-3,5-6,13H2. The van der Waals surface area contributed by atoms with Gasteiger partial charge < -0.3 is 4.84 Å². The van der Waals surface area contributed by atoms with Gasteiger partial charge in [-0.25, -0.2) is 14.3 Å². The van der Waals surface area contributed by atoms with Gasteiger partial charge in [-0.2, -0.15) is 0 Å². The third-order valence-electron chi connectivity index (χ3n) is 2.77. The summed E-state index contributed by atoms with van der Waals surface area (Å²) in [5, 5.41) is 0.0460. The van der Waals surface area contributed by atoms with E-state index in [4.69, 9.17) is 17.5 Å². The van der Waals surface area contributed by atoms with Crippen molar-refractivity contribution in [3.8, 4) is 0 Å². The Morgan fingerprint density at radius 3 is 2.65 bits per heavy atom. The van der Waals surface area contributed by atoms with Crippen LogP contribution in [-0.2, 0) is 21.1 Å². The van der Waals surface area contributed by atoms with Gasteiger partial charge in [0.05, 0.1) is 21.8 Å². The Hall–Kier alpha value is -0.620. The lowest BCUT2D eigenvalue weighted by atomic mass is 10.2. The van der Waals surface area contributed by atoms with Crippen molar-refractivity contribution in [1.82, 2.24) is 0 Å². The Morgan fingerprint density at radius 2 is 2.12 bits per heavy atom. The molecule has 1 aromatic rings. The first-order chi connectivity index (χ1) is 8.05. The van der Waals surface area contributed by atoms with Gasteiger partial charge in [0.1, 0.15) is 0 Å². The van der Waals surface area contributed by atoms with Gasteiger partial charge in [-0.1, -0.05) is 17.7 Å². The van der Waals surface area contributed by atoms with E-state index in [0.29, 0.717) is 13.0 Å². The van der Waals surface area contributed by atoms with Gasteiger partial charge in [0.25, 0.3) is 0 Å². The van der Waals surface area contributed by atoms with Crippen LogP contribution >= 0.6 is 11.6 Å². The summed E-state index contributed by atoms with van der Waals surface area (Å²) in [4.78, 5) is 4.71. The molecule has 0 spiro atoms. The minimum absolute atomic E-state index is 0.235. The molecule has 2 N–H and O–H groups in total. The molecular formula is C11H14ClNO3S. The predicted molar refractivity (Wildman–Crippen MR) is 65.5 cm³/mol. The largest absolute Gasteiger partial charge is 0.304 e. The summed E-state index contributed by atoms with van der Waals surface area (Å²) in [6, 6.07) is 4.98. The molecule has 0 amide bonds. The molecule has 94 valence electrons. The molecule has 0 unspecified atom stereocenters. The second-order valence-electron chi connectivity index (χ2n) is 4.13. The topological polar surface area (TPSA) is 69.4 Å². The van der Waals surface area contributed by atoms with E-state index >= 15 is 0 Å². The third kappa shape index (κ3) is 2.80.